The predicted molar refractivity (Wildman–Crippen MR) is 104 cm³/mol. The molecule has 0 aromatic rings. The highest BCUT2D eigenvalue weighted by Crippen LogP contribution is 2.66. The van der Waals surface area contributed by atoms with E-state index in [0.717, 1.165) is 36.5 Å². The molecule has 0 aromatic heterocycles. The molecule has 26 heavy (non-hydrogen) atoms. The minimum Gasteiger partial charge on any atom is -0.481 e. The number of fused-ring (bicyclic) bond motifs is 5. The van der Waals surface area contributed by atoms with Crippen LogP contribution in [0.2, 0.25) is 0 Å². The molecular formula is C23H38O3. The molecule has 0 radical (unpaired) electrons. The fourth-order valence-corrected chi connectivity index (χ4v) is 7.52. The quantitative estimate of drug-likeness (QED) is 0.669. The Balaban J connectivity index is 0.000000349. The van der Waals surface area contributed by atoms with Crippen molar-refractivity contribution in [3.8, 4) is 0 Å². The van der Waals surface area contributed by atoms with Crippen LogP contribution in [0.1, 0.15) is 97.8 Å². The summed E-state index contributed by atoms with van der Waals surface area (Å²) >= 11 is 0. The van der Waals surface area contributed by atoms with Crippen LogP contribution < -0.4 is 0 Å². The molecule has 0 heterocycles. The van der Waals surface area contributed by atoms with E-state index in [1.807, 2.05) is 0 Å². The molecule has 0 spiro atoms. The van der Waals surface area contributed by atoms with E-state index in [1.165, 1.54) is 57.8 Å². The highest BCUT2D eigenvalue weighted by molar-refractivity contribution is 5.87. The maximum absolute atomic E-state index is 12.6. The number of aliphatic carboxylic acids is 1. The Morgan fingerprint density at radius 3 is 2.42 bits per heavy atom. The minimum atomic E-state index is -0.745. The molecule has 4 fully saturated rings. The van der Waals surface area contributed by atoms with Gasteiger partial charge in [-0.2, -0.15) is 0 Å². The van der Waals surface area contributed by atoms with Gasteiger partial charge in [0.05, 0.1) is 0 Å². The van der Waals surface area contributed by atoms with Gasteiger partial charge in [-0.1, -0.05) is 33.6 Å². The van der Waals surface area contributed by atoms with E-state index in [9.17, 15) is 9.59 Å². The molecule has 0 aliphatic heterocycles. The number of hydrogen-bond donors (Lipinski definition) is 1. The smallest absolute Gasteiger partial charge is 0.303 e. The summed E-state index contributed by atoms with van der Waals surface area (Å²) < 4.78 is 0. The molecule has 4 aliphatic rings. The van der Waals surface area contributed by atoms with Crippen LogP contribution in [0, 0.1) is 34.5 Å². The van der Waals surface area contributed by atoms with Gasteiger partial charge in [0.2, 0.25) is 0 Å². The van der Waals surface area contributed by atoms with E-state index in [4.69, 9.17) is 5.11 Å². The Hall–Kier alpha value is -0.860. The largest absolute Gasteiger partial charge is 0.481 e. The summed E-state index contributed by atoms with van der Waals surface area (Å²) in [5.41, 5.74) is 0.728. The van der Waals surface area contributed by atoms with Gasteiger partial charge in [-0.25, -0.2) is 0 Å². The van der Waals surface area contributed by atoms with Crippen LogP contribution in [0.4, 0.5) is 0 Å². The van der Waals surface area contributed by atoms with Gasteiger partial charge in [0, 0.05) is 18.3 Å². The molecule has 0 aromatic carbocycles. The van der Waals surface area contributed by atoms with Crippen LogP contribution in [0.25, 0.3) is 0 Å². The summed E-state index contributed by atoms with van der Waals surface area (Å²) in [5, 5.41) is 7.72. The molecule has 0 amide bonds. The van der Waals surface area contributed by atoms with E-state index in [1.54, 1.807) is 6.92 Å². The van der Waals surface area contributed by atoms with Gasteiger partial charge in [-0.05, 0) is 80.5 Å². The first-order valence-corrected chi connectivity index (χ1v) is 11.1. The molecule has 4 aliphatic carbocycles. The van der Waals surface area contributed by atoms with Crippen LogP contribution in [-0.4, -0.2) is 16.9 Å². The van der Waals surface area contributed by atoms with Crippen molar-refractivity contribution in [1.82, 2.24) is 0 Å². The first-order valence-electron chi connectivity index (χ1n) is 11.1. The fraction of sp³-hybridized carbons (Fsp3) is 0.913. The van der Waals surface area contributed by atoms with Gasteiger partial charge in [-0.3, -0.25) is 9.59 Å². The van der Waals surface area contributed by atoms with Gasteiger partial charge in [-0.15, -0.1) is 0 Å². The van der Waals surface area contributed by atoms with Crippen molar-refractivity contribution >= 4 is 11.8 Å². The maximum atomic E-state index is 12.6. The monoisotopic (exact) mass is 362 g/mol. The van der Waals surface area contributed by atoms with Crippen LogP contribution >= 0.6 is 0 Å². The van der Waals surface area contributed by atoms with Gasteiger partial charge in [0.25, 0.3) is 0 Å². The minimum absolute atomic E-state index is 0.110. The lowest BCUT2D eigenvalue weighted by Gasteiger charge is -2.60. The van der Waals surface area contributed by atoms with Crippen LogP contribution in [0.5, 0.6) is 0 Å². The standard InChI is InChI=1S/C20H32O.C3H6O2/c1-3-20-13-11-16-15(17(20)9-10-18(20)21)8-7-14-6-4-5-12-19(14,16)2;1-2-3(4)5/h14-17H,3-13H2,1-2H3;2H2,1H3,(H,4,5)/t14?,15-,16+,17+,19+,20+;/m1./s1. The second-order valence-corrected chi connectivity index (χ2v) is 9.66. The highest BCUT2D eigenvalue weighted by atomic mass is 16.4. The number of Topliss-reactive ketones (excluding diaryl/α,β-unsaturated/α-hetero) is 1. The third-order valence-corrected chi connectivity index (χ3v) is 8.96. The second-order valence-electron chi connectivity index (χ2n) is 9.66. The van der Waals surface area contributed by atoms with Gasteiger partial charge in [0.1, 0.15) is 5.78 Å². The summed E-state index contributed by atoms with van der Waals surface area (Å²) in [6.45, 7) is 6.51. The van der Waals surface area contributed by atoms with E-state index >= 15 is 0 Å². The van der Waals surface area contributed by atoms with E-state index in [-0.39, 0.29) is 11.8 Å². The third-order valence-electron chi connectivity index (χ3n) is 8.96. The lowest BCUT2D eigenvalue weighted by Crippen LogP contribution is -2.53. The average Bonchev–Trinajstić information content (AvgIpc) is 2.99. The normalized spacial score (nSPS) is 44.2. The summed E-state index contributed by atoms with van der Waals surface area (Å²) in [6.07, 6.45) is 14.8. The number of carbonyl (C=O) groups excluding carboxylic acids is 1. The lowest BCUT2D eigenvalue weighted by atomic mass is 9.45. The summed E-state index contributed by atoms with van der Waals surface area (Å²) in [6, 6.07) is 0. The molecule has 0 bridgehead atoms. The fourth-order valence-electron chi connectivity index (χ4n) is 7.52. The SMILES string of the molecule is CCC(=O)O.CC[C@]12CC[C@H]3[C@@H](CCC4CCCC[C@@]43C)[C@@H]1CCC2=O. The molecule has 3 nitrogen and oxygen atoms in total. The number of rotatable bonds is 2. The zero-order valence-corrected chi connectivity index (χ0v) is 17.1. The third kappa shape index (κ3) is 3.14. The van der Waals surface area contributed by atoms with Crippen molar-refractivity contribution in [3.05, 3.63) is 0 Å². The van der Waals surface area contributed by atoms with Crippen molar-refractivity contribution in [2.75, 3.05) is 0 Å². The van der Waals surface area contributed by atoms with Crippen molar-refractivity contribution in [2.24, 2.45) is 34.5 Å². The Bertz CT molecular complexity index is 542. The number of carboxylic acid groups (broad SMARTS) is 1. The zero-order valence-electron chi connectivity index (χ0n) is 17.1. The average molecular weight is 363 g/mol. The topological polar surface area (TPSA) is 54.4 Å². The molecule has 1 N–H and O–H groups in total. The van der Waals surface area contributed by atoms with Crippen molar-refractivity contribution in [2.45, 2.75) is 97.8 Å². The van der Waals surface area contributed by atoms with Gasteiger partial charge in [0.15, 0.2) is 0 Å². The molecular weight excluding hydrogens is 324 g/mol. The number of carboxylic acids is 1. The number of carbonyl (C=O) groups is 2. The summed E-state index contributed by atoms with van der Waals surface area (Å²) in [7, 11) is 0. The van der Waals surface area contributed by atoms with E-state index in [2.05, 4.69) is 13.8 Å². The lowest BCUT2D eigenvalue weighted by molar-refractivity contribution is -0.141. The Labute approximate surface area is 159 Å². The number of hydrogen-bond acceptors (Lipinski definition) is 2. The Kier molecular flexibility index (Phi) is 5.84. The Morgan fingerprint density at radius 1 is 1.04 bits per heavy atom. The van der Waals surface area contributed by atoms with Crippen LogP contribution in [-0.2, 0) is 9.59 Å². The first kappa shape index (κ1) is 19.9. The molecule has 3 heteroatoms. The van der Waals surface area contributed by atoms with Crippen molar-refractivity contribution in [1.29, 1.82) is 0 Å². The molecule has 1 unspecified atom stereocenters. The zero-order chi connectivity index (χ0) is 18.9. The number of ketones is 1. The first-order chi connectivity index (χ1) is 12.4. The Morgan fingerprint density at radius 2 is 1.77 bits per heavy atom. The van der Waals surface area contributed by atoms with E-state index in [0.29, 0.717) is 11.2 Å². The maximum Gasteiger partial charge on any atom is 0.303 e. The summed E-state index contributed by atoms with van der Waals surface area (Å²) in [5.74, 6) is 3.44. The molecule has 0 saturated heterocycles. The van der Waals surface area contributed by atoms with Crippen molar-refractivity contribution < 1.29 is 14.7 Å². The highest BCUT2D eigenvalue weighted by Gasteiger charge is 2.60. The van der Waals surface area contributed by atoms with Gasteiger partial charge >= 0.3 is 5.97 Å². The van der Waals surface area contributed by atoms with E-state index < -0.39 is 5.97 Å². The second kappa shape index (κ2) is 7.64. The van der Waals surface area contributed by atoms with Gasteiger partial charge < -0.3 is 5.11 Å². The molecule has 148 valence electrons. The molecule has 4 rings (SSSR count). The predicted octanol–water partition coefficient (Wildman–Crippen LogP) is 5.86. The molecule has 6 atom stereocenters. The summed E-state index contributed by atoms with van der Waals surface area (Å²) in [4.78, 5) is 22.0. The van der Waals surface area contributed by atoms with Crippen LogP contribution in [0.15, 0.2) is 0 Å². The van der Waals surface area contributed by atoms with Crippen LogP contribution in [0.3, 0.4) is 0 Å². The van der Waals surface area contributed by atoms with Crippen molar-refractivity contribution in [3.63, 3.8) is 0 Å². The molecule has 4 saturated carbocycles.